The molecule has 0 spiro atoms. The summed E-state index contributed by atoms with van der Waals surface area (Å²) in [6.45, 7) is 5.01. The molecule has 2 atom stereocenters. The van der Waals surface area contributed by atoms with Gasteiger partial charge in [0.05, 0.1) is 0 Å². The molecule has 1 heterocycles. The second-order valence-electron chi connectivity index (χ2n) is 6.17. The third kappa shape index (κ3) is 2.28. The Morgan fingerprint density at radius 3 is 2.44 bits per heavy atom. The molecule has 2 aliphatic carbocycles. The zero-order chi connectivity index (χ0) is 11.0. The van der Waals surface area contributed by atoms with Crippen LogP contribution in [0.25, 0.3) is 0 Å². The van der Waals surface area contributed by atoms with Crippen LogP contribution in [0, 0.1) is 5.92 Å². The van der Waals surface area contributed by atoms with Gasteiger partial charge < -0.3 is 5.32 Å². The largest absolute Gasteiger partial charge is 0.312 e. The molecule has 1 N–H and O–H groups in total. The number of hydrogen-bond donors (Lipinski definition) is 1. The van der Waals surface area contributed by atoms with E-state index in [1.165, 1.54) is 58.0 Å². The van der Waals surface area contributed by atoms with Crippen molar-refractivity contribution in [3.8, 4) is 0 Å². The summed E-state index contributed by atoms with van der Waals surface area (Å²) in [4.78, 5) is 2.84. The summed E-state index contributed by atoms with van der Waals surface area (Å²) in [6, 6.07) is 2.53. The van der Waals surface area contributed by atoms with E-state index < -0.39 is 0 Å². The lowest BCUT2D eigenvalue weighted by Gasteiger charge is -2.34. The Labute approximate surface area is 99.8 Å². The maximum atomic E-state index is 3.79. The summed E-state index contributed by atoms with van der Waals surface area (Å²) >= 11 is 0. The van der Waals surface area contributed by atoms with E-state index in [2.05, 4.69) is 17.1 Å². The van der Waals surface area contributed by atoms with Gasteiger partial charge in [-0.15, -0.1) is 0 Å². The van der Waals surface area contributed by atoms with Gasteiger partial charge >= 0.3 is 0 Å². The summed E-state index contributed by atoms with van der Waals surface area (Å²) < 4.78 is 0. The number of nitrogens with one attached hydrogen (secondary N) is 1. The second-order valence-corrected chi connectivity index (χ2v) is 6.17. The van der Waals surface area contributed by atoms with Crippen LogP contribution >= 0.6 is 0 Å². The van der Waals surface area contributed by atoms with Crippen LogP contribution in [-0.4, -0.2) is 36.1 Å². The highest BCUT2D eigenvalue weighted by Crippen LogP contribution is 2.35. The molecule has 2 unspecified atom stereocenters. The predicted octanol–water partition coefficient (Wildman–Crippen LogP) is 2.39. The lowest BCUT2D eigenvalue weighted by molar-refractivity contribution is 0.138. The van der Waals surface area contributed by atoms with Gasteiger partial charge in [0.1, 0.15) is 0 Å². The SMILES string of the molecule is CC1CCNC(C2CC2)CN1C1CCCC1. The Hall–Kier alpha value is -0.0800. The Kier molecular flexibility index (Phi) is 3.21. The third-order valence-electron chi connectivity index (χ3n) is 4.93. The smallest absolute Gasteiger partial charge is 0.0223 e. The maximum Gasteiger partial charge on any atom is 0.0223 e. The first-order valence-electron chi connectivity index (χ1n) is 7.34. The normalized spacial score (nSPS) is 38.8. The molecule has 0 aromatic rings. The number of nitrogens with zero attached hydrogens (tertiary/aromatic N) is 1. The molecule has 2 heteroatoms. The van der Waals surface area contributed by atoms with Crippen LogP contribution in [-0.2, 0) is 0 Å². The maximum absolute atomic E-state index is 3.79. The Morgan fingerprint density at radius 1 is 1.00 bits per heavy atom. The molecule has 2 nitrogen and oxygen atoms in total. The van der Waals surface area contributed by atoms with Crippen LogP contribution in [0.3, 0.4) is 0 Å². The van der Waals surface area contributed by atoms with Crippen molar-refractivity contribution < 1.29 is 0 Å². The zero-order valence-electron chi connectivity index (χ0n) is 10.6. The molecule has 1 saturated heterocycles. The summed E-state index contributed by atoms with van der Waals surface area (Å²) in [5.74, 6) is 1.01. The van der Waals surface area contributed by atoms with Crippen LogP contribution in [0.4, 0.5) is 0 Å². The minimum absolute atomic E-state index is 0.805. The second kappa shape index (κ2) is 4.66. The van der Waals surface area contributed by atoms with E-state index in [1.807, 2.05) is 0 Å². The monoisotopic (exact) mass is 222 g/mol. The van der Waals surface area contributed by atoms with E-state index in [1.54, 1.807) is 0 Å². The fourth-order valence-electron chi connectivity index (χ4n) is 3.67. The molecule has 3 aliphatic rings. The quantitative estimate of drug-likeness (QED) is 0.772. The first kappa shape index (κ1) is 11.0. The highest BCUT2D eigenvalue weighted by molar-refractivity contribution is 4.94. The summed E-state index contributed by atoms with van der Waals surface area (Å²) in [5.41, 5.74) is 0. The van der Waals surface area contributed by atoms with Gasteiger partial charge in [-0.05, 0) is 51.5 Å². The molecule has 16 heavy (non-hydrogen) atoms. The van der Waals surface area contributed by atoms with Crippen molar-refractivity contribution in [2.75, 3.05) is 13.1 Å². The Bertz CT molecular complexity index is 231. The van der Waals surface area contributed by atoms with Crippen molar-refractivity contribution in [1.29, 1.82) is 0 Å². The first-order chi connectivity index (χ1) is 7.84. The molecule has 92 valence electrons. The van der Waals surface area contributed by atoms with Gasteiger partial charge in [0.25, 0.3) is 0 Å². The van der Waals surface area contributed by atoms with Gasteiger partial charge in [-0.3, -0.25) is 4.90 Å². The molecular weight excluding hydrogens is 196 g/mol. The molecule has 2 saturated carbocycles. The molecule has 0 amide bonds. The first-order valence-corrected chi connectivity index (χ1v) is 7.34. The minimum Gasteiger partial charge on any atom is -0.312 e. The fourth-order valence-corrected chi connectivity index (χ4v) is 3.67. The van der Waals surface area contributed by atoms with Crippen molar-refractivity contribution in [3.05, 3.63) is 0 Å². The van der Waals surface area contributed by atoms with E-state index in [0.717, 1.165) is 24.0 Å². The van der Waals surface area contributed by atoms with Gasteiger partial charge in [-0.1, -0.05) is 12.8 Å². The lowest BCUT2D eigenvalue weighted by atomic mass is 10.1. The summed E-state index contributed by atoms with van der Waals surface area (Å²) in [7, 11) is 0. The standard InChI is InChI=1S/C14H26N2/c1-11-8-9-15-14(12-6-7-12)10-16(11)13-4-2-3-5-13/h11-15H,2-10H2,1H3. The van der Waals surface area contributed by atoms with E-state index in [4.69, 9.17) is 0 Å². The number of hydrogen-bond acceptors (Lipinski definition) is 2. The van der Waals surface area contributed by atoms with Crippen molar-refractivity contribution in [2.24, 2.45) is 5.92 Å². The van der Waals surface area contributed by atoms with Crippen LogP contribution in [0.1, 0.15) is 51.9 Å². The molecule has 1 aliphatic heterocycles. The Morgan fingerprint density at radius 2 is 1.75 bits per heavy atom. The topological polar surface area (TPSA) is 15.3 Å². The lowest BCUT2D eigenvalue weighted by Crippen LogP contribution is -2.45. The molecule has 0 radical (unpaired) electrons. The van der Waals surface area contributed by atoms with Crippen LogP contribution < -0.4 is 5.32 Å². The van der Waals surface area contributed by atoms with Crippen molar-refractivity contribution in [3.63, 3.8) is 0 Å². The van der Waals surface area contributed by atoms with E-state index >= 15 is 0 Å². The third-order valence-corrected chi connectivity index (χ3v) is 4.93. The van der Waals surface area contributed by atoms with Gasteiger partial charge in [-0.2, -0.15) is 0 Å². The van der Waals surface area contributed by atoms with Crippen molar-refractivity contribution in [2.45, 2.75) is 70.0 Å². The predicted molar refractivity (Wildman–Crippen MR) is 67.6 cm³/mol. The van der Waals surface area contributed by atoms with E-state index in [9.17, 15) is 0 Å². The summed E-state index contributed by atoms with van der Waals surface area (Å²) in [6.07, 6.45) is 10.2. The molecule has 0 aromatic carbocycles. The average molecular weight is 222 g/mol. The summed E-state index contributed by atoms with van der Waals surface area (Å²) in [5, 5.41) is 3.79. The van der Waals surface area contributed by atoms with Gasteiger partial charge in [0.2, 0.25) is 0 Å². The van der Waals surface area contributed by atoms with Gasteiger partial charge in [0.15, 0.2) is 0 Å². The van der Waals surface area contributed by atoms with Crippen LogP contribution in [0.5, 0.6) is 0 Å². The van der Waals surface area contributed by atoms with Gasteiger partial charge in [-0.25, -0.2) is 0 Å². The molecule has 3 rings (SSSR count). The zero-order valence-corrected chi connectivity index (χ0v) is 10.6. The average Bonchev–Trinajstić information content (AvgIpc) is 3.02. The van der Waals surface area contributed by atoms with Crippen molar-refractivity contribution >= 4 is 0 Å². The molecular formula is C14H26N2. The van der Waals surface area contributed by atoms with E-state index in [0.29, 0.717) is 0 Å². The highest BCUT2D eigenvalue weighted by atomic mass is 15.2. The van der Waals surface area contributed by atoms with Crippen LogP contribution in [0.2, 0.25) is 0 Å². The fraction of sp³-hybridized carbons (Fsp3) is 1.00. The Balaban J connectivity index is 1.66. The van der Waals surface area contributed by atoms with Crippen molar-refractivity contribution in [1.82, 2.24) is 10.2 Å². The molecule has 0 bridgehead atoms. The molecule has 0 aromatic heterocycles. The minimum atomic E-state index is 0.805. The van der Waals surface area contributed by atoms with Crippen LogP contribution in [0.15, 0.2) is 0 Å². The number of rotatable bonds is 2. The molecule has 3 fully saturated rings. The highest BCUT2D eigenvalue weighted by Gasteiger charge is 2.37. The van der Waals surface area contributed by atoms with Gasteiger partial charge in [0, 0.05) is 24.7 Å². The van der Waals surface area contributed by atoms with E-state index in [-0.39, 0.29) is 0 Å².